The lowest BCUT2D eigenvalue weighted by Gasteiger charge is -2.07. The van der Waals surface area contributed by atoms with E-state index in [4.69, 9.17) is 11.6 Å². The quantitative estimate of drug-likeness (QED) is 0.640. The molecule has 98 valence electrons. The molecule has 0 amide bonds. The highest BCUT2D eigenvalue weighted by Crippen LogP contribution is 2.13. The number of aryl methyl sites for hydroxylation is 1. The Morgan fingerprint density at radius 3 is 2.53 bits per heavy atom. The van der Waals surface area contributed by atoms with Crippen LogP contribution in [0.5, 0.6) is 0 Å². The SMILES string of the molecule is Cc1cc([N+](=O)[O-])cn(Cc2ccc(Cl)cc2)c1=O. The van der Waals surface area contributed by atoms with Gasteiger partial charge in [0.1, 0.15) is 0 Å². The van der Waals surface area contributed by atoms with E-state index in [-0.39, 0.29) is 17.8 Å². The lowest BCUT2D eigenvalue weighted by molar-refractivity contribution is -0.385. The number of aromatic nitrogens is 1. The van der Waals surface area contributed by atoms with E-state index >= 15 is 0 Å². The largest absolute Gasteiger partial charge is 0.304 e. The second-order valence-electron chi connectivity index (χ2n) is 4.20. The minimum atomic E-state index is -0.509. The van der Waals surface area contributed by atoms with Crippen molar-refractivity contribution in [3.63, 3.8) is 0 Å². The van der Waals surface area contributed by atoms with Crippen LogP contribution in [0.3, 0.4) is 0 Å². The smallest absolute Gasteiger partial charge is 0.286 e. The van der Waals surface area contributed by atoms with Crippen molar-refractivity contribution in [2.75, 3.05) is 0 Å². The Bertz CT molecular complexity index is 677. The van der Waals surface area contributed by atoms with Gasteiger partial charge >= 0.3 is 0 Å². The van der Waals surface area contributed by atoms with Crippen molar-refractivity contribution in [1.29, 1.82) is 0 Å². The van der Waals surface area contributed by atoms with Gasteiger partial charge in [-0.05, 0) is 24.6 Å². The minimum Gasteiger partial charge on any atom is -0.304 e. The van der Waals surface area contributed by atoms with E-state index in [0.717, 1.165) is 5.56 Å². The molecular weight excluding hydrogens is 268 g/mol. The normalized spacial score (nSPS) is 10.4. The van der Waals surface area contributed by atoms with E-state index in [9.17, 15) is 14.9 Å². The number of nitrogens with zero attached hydrogens (tertiary/aromatic N) is 2. The first-order valence-electron chi connectivity index (χ1n) is 5.57. The molecule has 0 fully saturated rings. The Balaban J connectivity index is 2.41. The molecule has 0 saturated heterocycles. The van der Waals surface area contributed by atoms with Crippen LogP contribution < -0.4 is 5.56 Å². The van der Waals surface area contributed by atoms with Crippen molar-refractivity contribution in [1.82, 2.24) is 4.57 Å². The molecule has 0 radical (unpaired) electrons. The van der Waals surface area contributed by atoms with Gasteiger partial charge in [0.15, 0.2) is 0 Å². The third-order valence-electron chi connectivity index (χ3n) is 2.73. The van der Waals surface area contributed by atoms with Crippen LogP contribution in [0.15, 0.2) is 41.3 Å². The fourth-order valence-corrected chi connectivity index (χ4v) is 1.90. The maximum absolute atomic E-state index is 11.9. The maximum Gasteiger partial charge on any atom is 0.286 e. The summed E-state index contributed by atoms with van der Waals surface area (Å²) in [6, 6.07) is 8.27. The summed E-state index contributed by atoms with van der Waals surface area (Å²) in [5.74, 6) is 0. The van der Waals surface area contributed by atoms with Crippen LogP contribution in [0.25, 0.3) is 0 Å². The number of halogens is 1. The predicted molar refractivity (Wildman–Crippen MR) is 72.6 cm³/mol. The van der Waals surface area contributed by atoms with Crippen LogP contribution in [0.2, 0.25) is 5.02 Å². The van der Waals surface area contributed by atoms with Crippen LogP contribution in [0.1, 0.15) is 11.1 Å². The molecule has 0 unspecified atom stereocenters. The molecule has 6 heteroatoms. The van der Waals surface area contributed by atoms with Crippen LogP contribution in [0, 0.1) is 17.0 Å². The van der Waals surface area contributed by atoms with E-state index in [0.29, 0.717) is 10.6 Å². The number of hydrogen-bond donors (Lipinski definition) is 0. The summed E-state index contributed by atoms with van der Waals surface area (Å²) in [4.78, 5) is 22.2. The Morgan fingerprint density at radius 1 is 1.32 bits per heavy atom. The summed E-state index contributed by atoms with van der Waals surface area (Å²) in [5, 5.41) is 11.4. The second-order valence-corrected chi connectivity index (χ2v) is 4.63. The molecule has 0 aliphatic rings. The maximum atomic E-state index is 11.9. The summed E-state index contributed by atoms with van der Waals surface area (Å²) in [5.41, 5.74) is 0.876. The molecule has 2 rings (SSSR count). The first-order chi connectivity index (χ1) is 8.97. The molecule has 1 heterocycles. The van der Waals surface area contributed by atoms with Crippen molar-refractivity contribution in [2.24, 2.45) is 0 Å². The van der Waals surface area contributed by atoms with Gasteiger partial charge < -0.3 is 4.57 Å². The topological polar surface area (TPSA) is 65.1 Å². The fourth-order valence-electron chi connectivity index (χ4n) is 1.77. The highest BCUT2D eigenvalue weighted by atomic mass is 35.5. The standard InChI is InChI=1S/C13H11ClN2O3/c1-9-6-12(16(18)19)8-15(13(9)17)7-10-2-4-11(14)5-3-10/h2-6,8H,7H2,1H3. The molecule has 1 aromatic carbocycles. The van der Waals surface area contributed by atoms with Crippen molar-refractivity contribution in [3.8, 4) is 0 Å². The van der Waals surface area contributed by atoms with Gasteiger partial charge in [0.2, 0.25) is 0 Å². The Kier molecular flexibility index (Phi) is 3.66. The number of pyridine rings is 1. The summed E-state index contributed by atoms with van der Waals surface area (Å²) in [6.45, 7) is 1.84. The monoisotopic (exact) mass is 278 g/mol. The van der Waals surface area contributed by atoms with Crippen molar-refractivity contribution in [2.45, 2.75) is 13.5 Å². The number of nitro groups is 1. The van der Waals surface area contributed by atoms with Crippen molar-refractivity contribution in [3.05, 3.63) is 73.1 Å². The zero-order valence-corrected chi connectivity index (χ0v) is 10.9. The molecule has 0 saturated carbocycles. The van der Waals surface area contributed by atoms with Crippen LogP contribution in [-0.4, -0.2) is 9.49 Å². The minimum absolute atomic E-state index is 0.0916. The van der Waals surface area contributed by atoms with E-state index in [1.807, 2.05) is 0 Å². The zero-order chi connectivity index (χ0) is 14.0. The number of benzene rings is 1. The molecule has 0 bridgehead atoms. The van der Waals surface area contributed by atoms with Gasteiger partial charge in [0.05, 0.1) is 17.7 Å². The van der Waals surface area contributed by atoms with Gasteiger partial charge in [-0.25, -0.2) is 0 Å². The Hall–Kier alpha value is -2.14. The molecule has 19 heavy (non-hydrogen) atoms. The number of hydrogen-bond acceptors (Lipinski definition) is 3. The Labute approximate surface area is 114 Å². The third kappa shape index (κ3) is 3.00. The third-order valence-corrected chi connectivity index (χ3v) is 2.98. The second kappa shape index (κ2) is 5.24. The fraction of sp³-hybridized carbons (Fsp3) is 0.154. The van der Waals surface area contributed by atoms with Gasteiger partial charge in [-0.2, -0.15) is 0 Å². The van der Waals surface area contributed by atoms with Gasteiger partial charge in [0, 0.05) is 16.7 Å². The molecule has 1 aromatic heterocycles. The molecule has 0 spiro atoms. The molecule has 0 atom stereocenters. The highest BCUT2D eigenvalue weighted by molar-refractivity contribution is 6.30. The summed E-state index contributed by atoms with van der Waals surface area (Å²) in [7, 11) is 0. The van der Waals surface area contributed by atoms with Crippen LogP contribution in [0.4, 0.5) is 5.69 Å². The van der Waals surface area contributed by atoms with E-state index in [1.165, 1.54) is 16.8 Å². The van der Waals surface area contributed by atoms with Crippen LogP contribution >= 0.6 is 11.6 Å². The Morgan fingerprint density at radius 2 is 1.95 bits per heavy atom. The molecule has 0 aliphatic heterocycles. The predicted octanol–water partition coefficient (Wildman–Crippen LogP) is 2.77. The summed E-state index contributed by atoms with van der Waals surface area (Å²) in [6.07, 6.45) is 1.25. The van der Waals surface area contributed by atoms with E-state index < -0.39 is 4.92 Å². The highest BCUT2D eigenvalue weighted by Gasteiger charge is 2.11. The molecule has 5 nitrogen and oxygen atoms in total. The van der Waals surface area contributed by atoms with Crippen LogP contribution in [-0.2, 0) is 6.54 Å². The number of rotatable bonds is 3. The first kappa shape index (κ1) is 13.3. The lowest BCUT2D eigenvalue weighted by Crippen LogP contribution is -2.22. The first-order valence-corrected chi connectivity index (χ1v) is 5.95. The lowest BCUT2D eigenvalue weighted by atomic mass is 10.2. The molecule has 0 N–H and O–H groups in total. The van der Waals surface area contributed by atoms with Crippen molar-refractivity contribution >= 4 is 17.3 Å². The van der Waals surface area contributed by atoms with Gasteiger partial charge in [0.25, 0.3) is 11.2 Å². The summed E-state index contributed by atoms with van der Waals surface area (Å²) < 4.78 is 1.33. The average molecular weight is 279 g/mol. The van der Waals surface area contributed by atoms with Gasteiger partial charge in [-0.15, -0.1) is 0 Å². The van der Waals surface area contributed by atoms with Gasteiger partial charge in [-0.3, -0.25) is 14.9 Å². The zero-order valence-electron chi connectivity index (χ0n) is 10.2. The molecular formula is C13H11ClN2O3. The van der Waals surface area contributed by atoms with Crippen molar-refractivity contribution < 1.29 is 4.92 Å². The van der Waals surface area contributed by atoms with E-state index in [1.54, 1.807) is 31.2 Å². The summed E-state index contributed by atoms with van der Waals surface area (Å²) >= 11 is 5.78. The van der Waals surface area contributed by atoms with Gasteiger partial charge in [-0.1, -0.05) is 23.7 Å². The average Bonchev–Trinajstić information content (AvgIpc) is 2.37. The molecule has 0 aliphatic carbocycles. The van der Waals surface area contributed by atoms with E-state index in [2.05, 4.69) is 0 Å². The molecule has 2 aromatic rings.